The fourth-order valence-electron chi connectivity index (χ4n) is 2.99. The maximum Gasteiger partial charge on any atom is -0.0240 e. The van der Waals surface area contributed by atoms with Gasteiger partial charge in [0.05, 0.1) is 0 Å². The van der Waals surface area contributed by atoms with Gasteiger partial charge in [0.15, 0.2) is 0 Å². The molecule has 12 heavy (non-hydrogen) atoms. The largest absolute Gasteiger partial charge is 0.0999 e. The van der Waals surface area contributed by atoms with Gasteiger partial charge in [0.25, 0.3) is 0 Å². The predicted octanol–water partition coefficient (Wildman–Crippen LogP) is 3.92. The van der Waals surface area contributed by atoms with Crippen LogP contribution in [-0.4, -0.2) is 0 Å². The Labute approximate surface area is 76.1 Å². The second-order valence-corrected chi connectivity index (χ2v) is 5.41. The molecule has 0 nitrogen and oxygen atoms in total. The highest BCUT2D eigenvalue weighted by Crippen LogP contribution is 2.63. The molecule has 2 saturated carbocycles. The van der Waals surface area contributed by atoms with E-state index in [9.17, 15) is 0 Å². The lowest BCUT2D eigenvalue weighted by Gasteiger charge is -2.59. The van der Waals surface area contributed by atoms with Crippen LogP contribution in [0.25, 0.3) is 0 Å². The third-order valence-corrected chi connectivity index (χ3v) is 4.58. The molecule has 0 heterocycles. The summed E-state index contributed by atoms with van der Waals surface area (Å²) in [6, 6.07) is 0. The van der Waals surface area contributed by atoms with E-state index >= 15 is 0 Å². The maximum absolute atomic E-state index is 4.09. The van der Waals surface area contributed by atoms with E-state index in [4.69, 9.17) is 0 Å². The zero-order valence-electron chi connectivity index (χ0n) is 8.45. The zero-order valence-corrected chi connectivity index (χ0v) is 8.45. The van der Waals surface area contributed by atoms with Crippen molar-refractivity contribution < 1.29 is 0 Å². The molecule has 0 aliphatic heterocycles. The molecule has 0 radical (unpaired) electrons. The van der Waals surface area contributed by atoms with Crippen LogP contribution in [0.1, 0.15) is 52.4 Å². The summed E-state index contributed by atoms with van der Waals surface area (Å²) in [6.07, 6.45) is 8.34. The van der Waals surface area contributed by atoms with Crippen molar-refractivity contribution in [2.75, 3.05) is 0 Å². The minimum atomic E-state index is 0.633. The first-order valence-electron chi connectivity index (χ1n) is 5.22. The molecule has 0 aromatic heterocycles. The average molecular weight is 164 g/mol. The second-order valence-electron chi connectivity index (χ2n) is 5.41. The minimum absolute atomic E-state index is 0.633. The first-order chi connectivity index (χ1) is 5.56. The Hall–Kier alpha value is -0.260. The van der Waals surface area contributed by atoms with Gasteiger partial charge in [0, 0.05) is 0 Å². The first kappa shape index (κ1) is 8.34. The molecule has 2 aliphatic carbocycles. The molecule has 0 saturated heterocycles. The molecule has 0 atom stereocenters. The minimum Gasteiger partial charge on any atom is -0.0999 e. The molecule has 68 valence electrons. The van der Waals surface area contributed by atoms with E-state index in [0.29, 0.717) is 10.8 Å². The van der Waals surface area contributed by atoms with Gasteiger partial charge in [-0.3, -0.25) is 0 Å². The van der Waals surface area contributed by atoms with Crippen LogP contribution >= 0.6 is 0 Å². The van der Waals surface area contributed by atoms with Gasteiger partial charge in [0.2, 0.25) is 0 Å². The van der Waals surface area contributed by atoms with Crippen molar-refractivity contribution in [1.29, 1.82) is 0 Å². The smallest absolute Gasteiger partial charge is 0.0240 e. The lowest BCUT2D eigenvalue weighted by molar-refractivity contribution is -0.0727. The summed E-state index contributed by atoms with van der Waals surface area (Å²) in [5.41, 5.74) is 2.84. The van der Waals surface area contributed by atoms with Crippen LogP contribution < -0.4 is 0 Å². The Balaban J connectivity index is 2.09. The van der Waals surface area contributed by atoms with Crippen LogP contribution in [-0.2, 0) is 0 Å². The topological polar surface area (TPSA) is 0 Å². The summed E-state index contributed by atoms with van der Waals surface area (Å²) in [4.78, 5) is 0. The van der Waals surface area contributed by atoms with Gasteiger partial charge in [-0.1, -0.05) is 26.0 Å². The van der Waals surface area contributed by atoms with Crippen LogP contribution in [0.5, 0.6) is 0 Å². The van der Waals surface area contributed by atoms with Crippen molar-refractivity contribution in [2.45, 2.75) is 52.4 Å². The molecule has 2 fully saturated rings. The summed E-state index contributed by atoms with van der Waals surface area (Å²) in [6.45, 7) is 8.98. The molecule has 0 amide bonds. The van der Waals surface area contributed by atoms with E-state index in [1.54, 1.807) is 0 Å². The highest BCUT2D eigenvalue weighted by Gasteiger charge is 2.52. The van der Waals surface area contributed by atoms with Crippen molar-refractivity contribution in [3.8, 4) is 0 Å². The molecule has 2 aliphatic rings. The van der Waals surface area contributed by atoms with Crippen molar-refractivity contribution >= 4 is 0 Å². The van der Waals surface area contributed by atoms with Crippen LogP contribution in [0.4, 0.5) is 0 Å². The average Bonchev–Trinajstić information content (AvgIpc) is 2.04. The molecule has 1 spiro atoms. The quantitative estimate of drug-likeness (QED) is 0.476. The van der Waals surface area contributed by atoms with Crippen molar-refractivity contribution in [2.24, 2.45) is 10.8 Å². The Morgan fingerprint density at radius 3 is 1.92 bits per heavy atom. The number of rotatable bonds is 0. The molecular formula is C12H20. The van der Waals surface area contributed by atoms with Crippen LogP contribution in [0.15, 0.2) is 12.2 Å². The van der Waals surface area contributed by atoms with Gasteiger partial charge < -0.3 is 0 Å². The van der Waals surface area contributed by atoms with E-state index < -0.39 is 0 Å². The summed E-state index contributed by atoms with van der Waals surface area (Å²) in [5, 5.41) is 0. The van der Waals surface area contributed by atoms with E-state index in [1.807, 2.05) is 0 Å². The highest BCUT2D eigenvalue weighted by atomic mass is 14.6. The van der Waals surface area contributed by atoms with Crippen molar-refractivity contribution in [3.63, 3.8) is 0 Å². The summed E-state index contributed by atoms with van der Waals surface area (Å²) in [5.74, 6) is 0. The van der Waals surface area contributed by atoms with Crippen molar-refractivity contribution in [1.82, 2.24) is 0 Å². The standard InChI is InChI=1S/C12H20/c1-10-4-6-12(7-5-10)9-8-11(12,2)3/h1,4-9H2,2-3H3. The zero-order chi connectivity index (χ0) is 8.82. The number of hydrogen-bond acceptors (Lipinski definition) is 0. The highest BCUT2D eigenvalue weighted by molar-refractivity contribution is 5.10. The van der Waals surface area contributed by atoms with Gasteiger partial charge in [0.1, 0.15) is 0 Å². The van der Waals surface area contributed by atoms with E-state index in [1.165, 1.54) is 44.1 Å². The van der Waals surface area contributed by atoms with Crippen LogP contribution in [0.3, 0.4) is 0 Å². The molecule has 2 rings (SSSR count). The Kier molecular flexibility index (Phi) is 1.65. The van der Waals surface area contributed by atoms with Gasteiger partial charge in [-0.05, 0) is 49.4 Å². The third-order valence-electron chi connectivity index (χ3n) is 4.58. The van der Waals surface area contributed by atoms with Gasteiger partial charge >= 0.3 is 0 Å². The van der Waals surface area contributed by atoms with Crippen molar-refractivity contribution in [3.05, 3.63) is 12.2 Å². The lowest BCUT2D eigenvalue weighted by atomic mass is 9.46. The Morgan fingerprint density at radius 2 is 1.58 bits per heavy atom. The van der Waals surface area contributed by atoms with E-state index in [2.05, 4.69) is 20.4 Å². The predicted molar refractivity (Wildman–Crippen MR) is 53.1 cm³/mol. The Bertz CT molecular complexity index is 200. The molecule has 0 heteroatoms. The Morgan fingerprint density at radius 1 is 1.00 bits per heavy atom. The lowest BCUT2D eigenvalue weighted by Crippen LogP contribution is -2.48. The van der Waals surface area contributed by atoms with E-state index in [0.717, 1.165) is 0 Å². The fourth-order valence-corrected chi connectivity index (χ4v) is 2.99. The third kappa shape index (κ3) is 0.967. The number of hydrogen-bond donors (Lipinski definition) is 0. The fraction of sp³-hybridized carbons (Fsp3) is 0.833. The second kappa shape index (κ2) is 2.37. The van der Waals surface area contributed by atoms with Gasteiger partial charge in [-0.15, -0.1) is 0 Å². The molecule has 0 aromatic carbocycles. The SMILES string of the molecule is C=C1CCC2(CC1)CCC2(C)C. The molecule has 0 unspecified atom stereocenters. The van der Waals surface area contributed by atoms with Crippen LogP contribution in [0.2, 0.25) is 0 Å². The summed E-state index contributed by atoms with van der Waals surface area (Å²) >= 11 is 0. The molecule has 0 bridgehead atoms. The molecule has 0 N–H and O–H groups in total. The molecular weight excluding hydrogens is 144 g/mol. The summed E-state index contributed by atoms with van der Waals surface area (Å²) < 4.78 is 0. The first-order valence-corrected chi connectivity index (χ1v) is 5.22. The van der Waals surface area contributed by atoms with Gasteiger partial charge in [-0.2, -0.15) is 0 Å². The monoisotopic (exact) mass is 164 g/mol. The van der Waals surface area contributed by atoms with E-state index in [-0.39, 0.29) is 0 Å². The normalized spacial score (nSPS) is 31.7. The van der Waals surface area contributed by atoms with Crippen LogP contribution in [0, 0.1) is 10.8 Å². The summed E-state index contributed by atoms with van der Waals surface area (Å²) in [7, 11) is 0. The molecule has 0 aromatic rings. The maximum atomic E-state index is 4.09. The van der Waals surface area contributed by atoms with Gasteiger partial charge in [-0.25, -0.2) is 0 Å². The number of allylic oxidation sites excluding steroid dienone is 1.